The van der Waals surface area contributed by atoms with Crippen molar-refractivity contribution in [3.63, 3.8) is 0 Å². The van der Waals surface area contributed by atoms with E-state index in [4.69, 9.17) is 4.74 Å². The number of nitrogens with zero attached hydrogens (tertiary/aromatic N) is 2. The smallest absolute Gasteiger partial charge is 0.314 e. The lowest BCUT2D eigenvalue weighted by Gasteiger charge is -2.32. The maximum Gasteiger partial charge on any atom is 0.314 e. The van der Waals surface area contributed by atoms with Crippen molar-refractivity contribution in [1.29, 1.82) is 0 Å². The van der Waals surface area contributed by atoms with Crippen LogP contribution in [0.25, 0.3) is 0 Å². The second-order valence-electron chi connectivity index (χ2n) is 6.07. The molecule has 0 radical (unpaired) electrons. The number of imidazole rings is 1. The summed E-state index contributed by atoms with van der Waals surface area (Å²) in [5, 5.41) is 5.68. The van der Waals surface area contributed by atoms with Gasteiger partial charge in [-0.15, -0.1) is 0 Å². The number of aromatic nitrogens is 2. The molecule has 1 aromatic rings. The largest absolute Gasteiger partial charge is 0.375 e. The first-order valence-corrected chi connectivity index (χ1v) is 7.91. The van der Waals surface area contributed by atoms with Crippen molar-refractivity contribution < 1.29 is 9.53 Å². The zero-order chi connectivity index (χ0) is 15.9. The van der Waals surface area contributed by atoms with E-state index in [1.54, 1.807) is 0 Å². The number of hydrogen-bond acceptors (Lipinski definition) is 4. The third-order valence-corrected chi connectivity index (χ3v) is 3.54. The van der Waals surface area contributed by atoms with Gasteiger partial charge in [0.15, 0.2) is 0 Å². The molecule has 0 bridgehead atoms. The lowest BCUT2D eigenvalue weighted by atomic mass is 10.2. The van der Waals surface area contributed by atoms with E-state index in [9.17, 15) is 4.79 Å². The number of carbonyl (C=O) groups excluding carboxylic acids is 1. The second kappa shape index (κ2) is 8.14. The molecule has 7 heteroatoms. The summed E-state index contributed by atoms with van der Waals surface area (Å²) in [7, 11) is 0. The van der Waals surface area contributed by atoms with Gasteiger partial charge in [0.2, 0.25) is 0 Å². The highest BCUT2D eigenvalue weighted by Gasteiger charge is 2.20. The van der Waals surface area contributed by atoms with Crippen molar-refractivity contribution in [2.45, 2.75) is 45.9 Å². The van der Waals surface area contributed by atoms with Crippen LogP contribution in [0.5, 0.6) is 0 Å². The van der Waals surface area contributed by atoms with E-state index in [2.05, 4.69) is 25.5 Å². The van der Waals surface area contributed by atoms with Gasteiger partial charge in [-0.05, 0) is 27.2 Å². The molecule has 1 saturated heterocycles. The number of aryl methyl sites for hydroxylation is 1. The summed E-state index contributed by atoms with van der Waals surface area (Å²) in [4.78, 5) is 21.4. The maximum atomic E-state index is 11.5. The minimum atomic E-state index is -0.115. The molecule has 1 aliphatic rings. The topological polar surface area (TPSA) is 82.3 Å². The maximum absolute atomic E-state index is 11.5. The van der Waals surface area contributed by atoms with Crippen molar-refractivity contribution in [3.05, 3.63) is 17.7 Å². The van der Waals surface area contributed by atoms with Gasteiger partial charge in [0, 0.05) is 44.1 Å². The summed E-state index contributed by atoms with van der Waals surface area (Å²) in [6, 6.07) is 0.0369. The molecular weight excluding hydrogens is 282 g/mol. The number of H-pyrrole nitrogens is 1. The van der Waals surface area contributed by atoms with E-state index in [1.165, 1.54) is 0 Å². The Morgan fingerprint density at radius 2 is 2.41 bits per heavy atom. The van der Waals surface area contributed by atoms with Crippen LogP contribution >= 0.6 is 0 Å². The number of carbonyl (C=O) groups is 1. The van der Waals surface area contributed by atoms with Crippen LogP contribution in [0.3, 0.4) is 0 Å². The lowest BCUT2D eigenvalue weighted by Crippen LogP contribution is -2.45. The molecule has 1 atom stereocenters. The Bertz CT molecular complexity index is 474. The zero-order valence-electron chi connectivity index (χ0n) is 13.7. The SMILES string of the molecule is Cc1ncc(CN2CCO[C@H](CCNC(=O)NC(C)C)C2)[nH]1. The Labute approximate surface area is 131 Å². The molecule has 0 aromatic carbocycles. The standard InChI is InChI=1S/C15H27N5O2/c1-11(2)18-15(21)16-5-4-14-10-20(6-7-22-14)9-13-8-17-12(3)19-13/h8,11,14H,4-7,9-10H2,1-3H3,(H,17,19)(H2,16,18,21)/t14-/m1/s1. The molecule has 0 saturated carbocycles. The predicted octanol–water partition coefficient (Wildman–Crippen LogP) is 1.02. The third-order valence-electron chi connectivity index (χ3n) is 3.54. The van der Waals surface area contributed by atoms with Crippen LogP contribution in [0.2, 0.25) is 0 Å². The highest BCUT2D eigenvalue weighted by Crippen LogP contribution is 2.11. The monoisotopic (exact) mass is 309 g/mol. The van der Waals surface area contributed by atoms with E-state index in [0.717, 1.165) is 44.2 Å². The summed E-state index contributed by atoms with van der Waals surface area (Å²) < 4.78 is 5.77. The van der Waals surface area contributed by atoms with Gasteiger partial charge in [0.1, 0.15) is 5.82 Å². The molecule has 124 valence electrons. The van der Waals surface area contributed by atoms with Crippen molar-refractivity contribution in [2.24, 2.45) is 0 Å². The van der Waals surface area contributed by atoms with Gasteiger partial charge in [-0.3, -0.25) is 4.90 Å². The fourth-order valence-corrected chi connectivity index (χ4v) is 2.55. The summed E-state index contributed by atoms with van der Waals surface area (Å²) in [5.74, 6) is 0.945. The molecule has 0 unspecified atom stereocenters. The van der Waals surface area contributed by atoms with Crippen molar-refractivity contribution >= 4 is 6.03 Å². The van der Waals surface area contributed by atoms with Crippen LogP contribution in [0.15, 0.2) is 6.20 Å². The van der Waals surface area contributed by atoms with E-state index in [-0.39, 0.29) is 18.2 Å². The molecule has 2 amide bonds. The highest BCUT2D eigenvalue weighted by molar-refractivity contribution is 5.73. The van der Waals surface area contributed by atoms with Gasteiger partial charge >= 0.3 is 6.03 Å². The first-order chi connectivity index (χ1) is 10.5. The minimum Gasteiger partial charge on any atom is -0.375 e. The molecule has 1 aromatic heterocycles. The number of ether oxygens (including phenoxy) is 1. The van der Waals surface area contributed by atoms with Crippen LogP contribution in [-0.4, -0.2) is 59.3 Å². The van der Waals surface area contributed by atoms with Crippen LogP contribution in [-0.2, 0) is 11.3 Å². The van der Waals surface area contributed by atoms with Crippen molar-refractivity contribution in [1.82, 2.24) is 25.5 Å². The number of nitrogens with one attached hydrogen (secondary N) is 3. The van der Waals surface area contributed by atoms with E-state index in [0.29, 0.717) is 6.54 Å². The lowest BCUT2D eigenvalue weighted by molar-refractivity contribution is -0.0344. The summed E-state index contributed by atoms with van der Waals surface area (Å²) in [6.45, 7) is 9.87. The van der Waals surface area contributed by atoms with Gasteiger partial charge in [-0.1, -0.05) is 0 Å². The van der Waals surface area contributed by atoms with Crippen LogP contribution in [0.4, 0.5) is 4.79 Å². The molecule has 0 aliphatic carbocycles. The first-order valence-electron chi connectivity index (χ1n) is 7.91. The minimum absolute atomic E-state index is 0.115. The molecule has 2 heterocycles. The number of morpholine rings is 1. The van der Waals surface area contributed by atoms with Gasteiger partial charge in [-0.25, -0.2) is 9.78 Å². The fraction of sp³-hybridized carbons (Fsp3) is 0.733. The van der Waals surface area contributed by atoms with Crippen LogP contribution in [0.1, 0.15) is 31.8 Å². The van der Waals surface area contributed by atoms with Crippen molar-refractivity contribution in [2.75, 3.05) is 26.2 Å². The number of rotatable bonds is 6. The summed E-state index contributed by atoms with van der Waals surface area (Å²) in [5.41, 5.74) is 1.13. The molecule has 3 N–H and O–H groups in total. The molecule has 2 rings (SSSR count). The Morgan fingerprint density at radius 1 is 1.59 bits per heavy atom. The Hall–Kier alpha value is -1.60. The summed E-state index contributed by atoms with van der Waals surface area (Å²) >= 11 is 0. The van der Waals surface area contributed by atoms with Gasteiger partial charge in [-0.2, -0.15) is 0 Å². The number of aromatic amines is 1. The Kier molecular flexibility index (Phi) is 6.21. The van der Waals surface area contributed by atoms with E-state index >= 15 is 0 Å². The quantitative estimate of drug-likeness (QED) is 0.732. The van der Waals surface area contributed by atoms with E-state index in [1.807, 2.05) is 27.0 Å². The van der Waals surface area contributed by atoms with E-state index < -0.39 is 0 Å². The average molecular weight is 309 g/mol. The zero-order valence-corrected chi connectivity index (χ0v) is 13.7. The van der Waals surface area contributed by atoms with Crippen LogP contribution < -0.4 is 10.6 Å². The Morgan fingerprint density at radius 3 is 3.09 bits per heavy atom. The fourth-order valence-electron chi connectivity index (χ4n) is 2.55. The normalized spacial score (nSPS) is 19.4. The molecule has 1 fully saturated rings. The van der Waals surface area contributed by atoms with Gasteiger partial charge in [0.05, 0.1) is 12.7 Å². The summed E-state index contributed by atoms with van der Waals surface area (Å²) in [6.07, 6.45) is 2.87. The second-order valence-corrected chi connectivity index (χ2v) is 6.07. The molecule has 22 heavy (non-hydrogen) atoms. The molecule has 0 spiro atoms. The number of hydrogen-bond donors (Lipinski definition) is 3. The Balaban J connectivity index is 1.68. The molecular formula is C15H27N5O2. The number of urea groups is 1. The van der Waals surface area contributed by atoms with Crippen LogP contribution in [0, 0.1) is 6.92 Å². The van der Waals surface area contributed by atoms with Crippen molar-refractivity contribution in [3.8, 4) is 0 Å². The molecule has 1 aliphatic heterocycles. The first kappa shape index (κ1) is 16.8. The predicted molar refractivity (Wildman–Crippen MR) is 84.6 cm³/mol. The average Bonchev–Trinajstić information content (AvgIpc) is 2.83. The highest BCUT2D eigenvalue weighted by atomic mass is 16.5. The van der Waals surface area contributed by atoms with Gasteiger partial charge < -0.3 is 20.4 Å². The molecule has 7 nitrogen and oxygen atoms in total. The number of amides is 2. The third kappa shape index (κ3) is 5.65. The van der Waals surface area contributed by atoms with Gasteiger partial charge in [0.25, 0.3) is 0 Å².